The summed E-state index contributed by atoms with van der Waals surface area (Å²) in [4.78, 5) is 4.64. The van der Waals surface area contributed by atoms with Gasteiger partial charge in [-0.25, -0.2) is 0 Å². The summed E-state index contributed by atoms with van der Waals surface area (Å²) in [5.74, 6) is 0.914. The zero-order chi connectivity index (χ0) is 18.3. The van der Waals surface area contributed by atoms with Crippen LogP contribution in [0.3, 0.4) is 0 Å². The smallest absolute Gasteiger partial charge is 0.191 e. The van der Waals surface area contributed by atoms with Crippen LogP contribution in [-0.4, -0.2) is 48.1 Å². The van der Waals surface area contributed by atoms with E-state index in [1.165, 1.54) is 38.5 Å². The van der Waals surface area contributed by atoms with Crippen molar-refractivity contribution in [2.75, 3.05) is 26.2 Å². The van der Waals surface area contributed by atoms with Gasteiger partial charge >= 0.3 is 0 Å². The summed E-state index contributed by atoms with van der Waals surface area (Å²) in [7, 11) is 0. The van der Waals surface area contributed by atoms with Gasteiger partial charge in [0.15, 0.2) is 5.96 Å². The molecule has 0 aliphatic heterocycles. The van der Waals surface area contributed by atoms with Crippen LogP contribution in [-0.2, 0) is 11.3 Å². The second-order valence-electron chi connectivity index (χ2n) is 7.00. The topological polar surface area (TPSA) is 63.5 Å². The van der Waals surface area contributed by atoms with Crippen molar-refractivity contribution in [2.45, 2.75) is 77.4 Å². The fraction of sp³-hybridized carbons (Fsp3) is 0.800. The molecule has 0 amide bonds. The highest BCUT2D eigenvalue weighted by Crippen LogP contribution is 2.19. The van der Waals surface area contributed by atoms with E-state index in [9.17, 15) is 0 Å². The zero-order valence-corrected chi connectivity index (χ0v) is 16.5. The molecule has 0 unspecified atom stereocenters. The van der Waals surface area contributed by atoms with Crippen molar-refractivity contribution < 1.29 is 4.74 Å². The molecule has 1 fully saturated rings. The van der Waals surface area contributed by atoms with Crippen LogP contribution in [0, 0.1) is 0 Å². The molecule has 1 aromatic heterocycles. The van der Waals surface area contributed by atoms with Gasteiger partial charge in [0.2, 0.25) is 0 Å². The first-order valence-electron chi connectivity index (χ1n) is 10.5. The van der Waals surface area contributed by atoms with Gasteiger partial charge in [0, 0.05) is 45.2 Å². The third-order valence-corrected chi connectivity index (χ3v) is 4.74. The van der Waals surface area contributed by atoms with Gasteiger partial charge in [-0.2, -0.15) is 5.10 Å². The number of aromatic nitrogens is 2. The van der Waals surface area contributed by atoms with Crippen molar-refractivity contribution in [3.05, 3.63) is 18.5 Å². The van der Waals surface area contributed by atoms with Crippen LogP contribution in [0.1, 0.15) is 64.7 Å². The van der Waals surface area contributed by atoms with Crippen molar-refractivity contribution in [1.82, 2.24) is 20.4 Å². The summed E-state index contributed by atoms with van der Waals surface area (Å²) < 4.78 is 8.00. The molecule has 6 heteroatoms. The molecule has 148 valence electrons. The highest BCUT2D eigenvalue weighted by Gasteiger charge is 2.11. The lowest BCUT2D eigenvalue weighted by molar-refractivity contribution is 0.0411. The van der Waals surface area contributed by atoms with Crippen LogP contribution in [0.15, 0.2) is 23.5 Å². The first-order chi connectivity index (χ1) is 12.9. The molecule has 1 aliphatic rings. The quantitative estimate of drug-likeness (QED) is 0.274. The van der Waals surface area contributed by atoms with Gasteiger partial charge in [-0.1, -0.05) is 25.7 Å². The maximum atomic E-state index is 6.05. The number of rotatable bonds is 11. The third-order valence-electron chi connectivity index (χ3n) is 4.74. The van der Waals surface area contributed by atoms with E-state index in [0.29, 0.717) is 6.10 Å². The van der Waals surface area contributed by atoms with E-state index in [2.05, 4.69) is 27.6 Å². The molecule has 2 N–H and O–H groups in total. The number of ether oxygens (including phenoxy) is 1. The molecule has 0 bridgehead atoms. The Kier molecular flexibility index (Phi) is 10.9. The number of nitrogens with zero attached hydrogens (tertiary/aromatic N) is 3. The molecule has 1 aromatic rings. The summed E-state index contributed by atoms with van der Waals surface area (Å²) in [5, 5.41) is 10.9. The predicted molar refractivity (Wildman–Crippen MR) is 108 cm³/mol. The highest BCUT2D eigenvalue weighted by molar-refractivity contribution is 5.79. The summed E-state index contributed by atoms with van der Waals surface area (Å²) in [6.07, 6.45) is 15.5. The first kappa shape index (κ1) is 20.7. The van der Waals surface area contributed by atoms with E-state index < -0.39 is 0 Å². The van der Waals surface area contributed by atoms with Crippen molar-refractivity contribution >= 4 is 5.96 Å². The number of aryl methyl sites for hydroxylation is 1. The molecule has 0 spiro atoms. The average Bonchev–Trinajstić information content (AvgIpc) is 3.03. The molecule has 0 atom stereocenters. The Morgan fingerprint density at radius 1 is 1.15 bits per heavy atom. The van der Waals surface area contributed by atoms with Gasteiger partial charge in [0.25, 0.3) is 0 Å². The van der Waals surface area contributed by atoms with E-state index in [4.69, 9.17) is 4.74 Å². The molecular weight excluding hydrogens is 326 g/mol. The zero-order valence-electron chi connectivity index (χ0n) is 16.5. The molecule has 26 heavy (non-hydrogen) atoms. The molecule has 1 aliphatic carbocycles. The molecule has 0 aromatic carbocycles. The molecule has 0 radical (unpaired) electrons. The lowest BCUT2D eigenvalue weighted by atomic mass is 10.1. The number of hydrogen-bond donors (Lipinski definition) is 2. The normalized spacial score (nSPS) is 16.4. The second kappa shape index (κ2) is 13.6. The number of unbranched alkanes of at least 4 members (excludes halogenated alkanes) is 1. The molecule has 0 saturated heterocycles. The van der Waals surface area contributed by atoms with Crippen molar-refractivity contribution in [3.63, 3.8) is 0 Å². The molecule has 2 rings (SSSR count). The maximum Gasteiger partial charge on any atom is 0.191 e. The van der Waals surface area contributed by atoms with Crippen molar-refractivity contribution in [1.29, 1.82) is 0 Å². The Morgan fingerprint density at radius 3 is 2.73 bits per heavy atom. The fourth-order valence-corrected chi connectivity index (χ4v) is 3.29. The van der Waals surface area contributed by atoms with Crippen LogP contribution in [0.25, 0.3) is 0 Å². The molecule has 6 nitrogen and oxygen atoms in total. The highest BCUT2D eigenvalue weighted by atomic mass is 16.5. The monoisotopic (exact) mass is 363 g/mol. The van der Waals surface area contributed by atoms with Crippen molar-refractivity contribution in [3.8, 4) is 0 Å². The Morgan fingerprint density at radius 2 is 2.00 bits per heavy atom. The second-order valence-corrected chi connectivity index (χ2v) is 7.00. The number of guanidine groups is 1. The fourth-order valence-electron chi connectivity index (χ4n) is 3.29. The SMILES string of the molecule is CCNC(=NCCCn1cccn1)NCCCCOC1CCCCCC1. The number of nitrogens with one attached hydrogen (secondary N) is 2. The van der Waals surface area contributed by atoms with Gasteiger partial charge in [0.1, 0.15) is 0 Å². The van der Waals surface area contributed by atoms with Crippen LogP contribution in [0.2, 0.25) is 0 Å². The molecule has 1 saturated carbocycles. The van der Waals surface area contributed by atoms with E-state index >= 15 is 0 Å². The number of hydrogen-bond acceptors (Lipinski definition) is 3. The van der Waals surface area contributed by atoms with Crippen molar-refractivity contribution in [2.24, 2.45) is 4.99 Å². The minimum Gasteiger partial charge on any atom is -0.378 e. The van der Waals surface area contributed by atoms with E-state index in [1.54, 1.807) is 0 Å². The Bertz CT molecular complexity index is 467. The lowest BCUT2D eigenvalue weighted by Gasteiger charge is -2.15. The standard InChI is InChI=1S/C20H37N5O/c1-2-21-20(23-14-9-16-25-17-10-15-24-25)22-13-7-8-18-26-19-11-5-3-4-6-12-19/h10,15,17,19H,2-9,11-14,16,18H2,1H3,(H2,21,22,23). The maximum absolute atomic E-state index is 6.05. The average molecular weight is 364 g/mol. The third kappa shape index (κ3) is 9.22. The van der Waals surface area contributed by atoms with Gasteiger partial charge in [-0.3, -0.25) is 9.67 Å². The van der Waals surface area contributed by atoms with E-state index in [1.807, 2.05) is 23.1 Å². The Balaban J connectivity index is 1.52. The Hall–Kier alpha value is -1.56. The van der Waals surface area contributed by atoms with Crippen LogP contribution in [0.4, 0.5) is 0 Å². The van der Waals surface area contributed by atoms with Gasteiger partial charge in [-0.15, -0.1) is 0 Å². The van der Waals surface area contributed by atoms with Gasteiger partial charge in [-0.05, 0) is 45.1 Å². The number of aliphatic imine (C=N–C) groups is 1. The summed E-state index contributed by atoms with van der Waals surface area (Å²) in [6.45, 7) is 6.54. The van der Waals surface area contributed by atoms with Crippen LogP contribution >= 0.6 is 0 Å². The van der Waals surface area contributed by atoms with E-state index in [0.717, 1.165) is 58.0 Å². The van der Waals surface area contributed by atoms with E-state index in [-0.39, 0.29) is 0 Å². The molecule has 1 heterocycles. The summed E-state index contributed by atoms with van der Waals surface area (Å²) in [5.41, 5.74) is 0. The first-order valence-corrected chi connectivity index (χ1v) is 10.5. The summed E-state index contributed by atoms with van der Waals surface area (Å²) >= 11 is 0. The van der Waals surface area contributed by atoms with Gasteiger partial charge in [0.05, 0.1) is 6.10 Å². The van der Waals surface area contributed by atoms with Crippen LogP contribution < -0.4 is 10.6 Å². The minimum atomic E-state index is 0.513. The predicted octanol–water partition coefficient (Wildman–Crippen LogP) is 3.35. The summed E-state index contributed by atoms with van der Waals surface area (Å²) in [6, 6.07) is 1.95. The van der Waals surface area contributed by atoms with Crippen LogP contribution in [0.5, 0.6) is 0 Å². The minimum absolute atomic E-state index is 0.513. The largest absolute Gasteiger partial charge is 0.378 e. The molecular formula is C20H37N5O. The Labute approximate surface area is 158 Å². The lowest BCUT2D eigenvalue weighted by Crippen LogP contribution is -2.38. The van der Waals surface area contributed by atoms with Gasteiger partial charge < -0.3 is 15.4 Å².